The van der Waals surface area contributed by atoms with E-state index in [-0.39, 0.29) is 24.1 Å². The number of hydrogen-bond donors (Lipinski definition) is 1. The smallest absolute Gasteiger partial charge is 0.244 e. The quantitative estimate of drug-likeness (QED) is 0.732. The molecule has 134 valence electrons. The van der Waals surface area contributed by atoms with E-state index in [1.54, 1.807) is 19.1 Å². The van der Waals surface area contributed by atoms with E-state index >= 15 is 0 Å². The molecule has 9 heteroatoms. The zero-order valence-corrected chi connectivity index (χ0v) is 13.8. The SMILES string of the molecule is CC(C(=O)NCc1cccnc1Oc1ccc(F)c(F)c1)n1cncn1. The molecule has 1 aromatic carbocycles. The third kappa shape index (κ3) is 4.00. The number of amides is 1. The lowest BCUT2D eigenvalue weighted by Crippen LogP contribution is -2.31. The van der Waals surface area contributed by atoms with Gasteiger partial charge in [0.1, 0.15) is 24.4 Å². The van der Waals surface area contributed by atoms with Crippen LogP contribution in [0.25, 0.3) is 0 Å². The fraction of sp³-hybridized carbons (Fsp3) is 0.176. The summed E-state index contributed by atoms with van der Waals surface area (Å²) < 4.78 is 33.3. The summed E-state index contributed by atoms with van der Waals surface area (Å²) in [7, 11) is 0. The Morgan fingerprint density at radius 3 is 2.88 bits per heavy atom. The van der Waals surface area contributed by atoms with Crippen LogP contribution in [-0.4, -0.2) is 25.7 Å². The highest BCUT2D eigenvalue weighted by atomic mass is 19.2. The number of carbonyl (C=O) groups excluding carboxylic acids is 1. The molecule has 3 aromatic rings. The molecule has 3 rings (SSSR count). The summed E-state index contributed by atoms with van der Waals surface area (Å²) in [6, 6.07) is 6.05. The first-order chi connectivity index (χ1) is 12.5. The first-order valence-electron chi connectivity index (χ1n) is 7.73. The lowest BCUT2D eigenvalue weighted by atomic mass is 10.2. The van der Waals surface area contributed by atoms with Gasteiger partial charge in [0.25, 0.3) is 0 Å². The molecule has 1 amide bonds. The zero-order chi connectivity index (χ0) is 18.5. The monoisotopic (exact) mass is 359 g/mol. The van der Waals surface area contributed by atoms with E-state index < -0.39 is 17.7 Å². The van der Waals surface area contributed by atoms with Crippen LogP contribution >= 0.6 is 0 Å². The molecule has 0 aliphatic rings. The molecule has 1 N–H and O–H groups in total. The van der Waals surface area contributed by atoms with E-state index in [1.807, 2.05) is 0 Å². The van der Waals surface area contributed by atoms with Crippen LogP contribution in [0.4, 0.5) is 8.78 Å². The van der Waals surface area contributed by atoms with Crippen molar-refractivity contribution in [3.63, 3.8) is 0 Å². The molecule has 0 fully saturated rings. The van der Waals surface area contributed by atoms with Crippen molar-refractivity contribution in [2.45, 2.75) is 19.5 Å². The van der Waals surface area contributed by atoms with Crippen LogP contribution in [0.5, 0.6) is 11.6 Å². The number of pyridine rings is 1. The van der Waals surface area contributed by atoms with E-state index in [9.17, 15) is 13.6 Å². The van der Waals surface area contributed by atoms with Crippen LogP contribution < -0.4 is 10.1 Å². The normalized spacial score (nSPS) is 11.8. The number of rotatable bonds is 6. The predicted octanol–water partition coefficient (Wildman–Crippen LogP) is 2.62. The second kappa shape index (κ2) is 7.68. The van der Waals surface area contributed by atoms with Gasteiger partial charge in [0.05, 0.1) is 0 Å². The van der Waals surface area contributed by atoms with Crippen LogP contribution in [0.15, 0.2) is 49.2 Å². The molecule has 0 saturated carbocycles. The maximum absolute atomic E-state index is 13.3. The molecule has 7 nitrogen and oxygen atoms in total. The summed E-state index contributed by atoms with van der Waals surface area (Å²) in [5.74, 6) is -1.96. The highest BCUT2D eigenvalue weighted by Gasteiger charge is 2.16. The van der Waals surface area contributed by atoms with E-state index in [4.69, 9.17) is 4.74 Å². The fourth-order valence-electron chi connectivity index (χ4n) is 2.17. The zero-order valence-electron chi connectivity index (χ0n) is 13.8. The van der Waals surface area contributed by atoms with Gasteiger partial charge in [-0.25, -0.2) is 23.4 Å². The molecule has 26 heavy (non-hydrogen) atoms. The number of carbonyl (C=O) groups is 1. The van der Waals surface area contributed by atoms with Crippen molar-refractivity contribution in [1.82, 2.24) is 25.1 Å². The average molecular weight is 359 g/mol. The summed E-state index contributed by atoms with van der Waals surface area (Å²) in [6.45, 7) is 1.83. The Labute approximate surface area is 147 Å². The van der Waals surface area contributed by atoms with Crippen molar-refractivity contribution in [1.29, 1.82) is 0 Å². The summed E-state index contributed by atoms with van der Waals surface area (Å²) in [6.07, 6.45) is 4.29. The van der Waals surface area contributed by atoms with Gasteiger partial charge in [-0.1, -0.05) is 6.07 Å². The van der Waals surface area contributed by atoms with Crippen LogP contribution in [-0.2, 0) is 11.3 Å². The largest absolute Gasteiger partial charge is 0.439 e. The Hall–Kier alpha value is -3.36. The third-order valence-corrected chi connectivity index (χ3v) is 3.62. The number of nitrogens with one attached hydrogen (secondary N) is 1. The fourth-order valence-corrected chi connectivity index (χ4v) is 2.17. The van der Waals surface area contributed by atoms with Crippen molar-refractivity contribution in [3.05, 3.63) is 66.4 Å². The van der Waals surface area contributed by atoms with E-state index in [2.05, 4.69) is 20.4 Å². The van der Waals surface area contributed by atoms with Crippen LogP contribution in [0.2, 0.25) is 0 Å². The molecule has 2 aromatic heterocycles. The Kier molecular flexibility index (Phi) is 5.16. The van der Waals surface area contributed by atoms with Crippen LogP contribution in [0.1, 0.15) is 18.5 Å². The second-order valence-electron chi connectivity index (χ2n) is 5.41. The molecule has 1 unspecified atom stereocenters. The Morgan fingerprint density at radius 1 is 1.31 bits per heavy atom. The number of halogens is 2. The predicted molar refractivity (Wildman–Crippen MR) is 87.2 cm³/mol. The van der Waals surface area contributed by atoms with Gasteiger partial charge in [-0.2, -0.15) is 5.10 Å². The summed E-state index contributed by atoms with van der Waals surface area (Å²) in [5.41, 5.74) is 0.580. The Bertz CT molecular complexity index is 902. The molecular formula is C17H15F2N5O2. The highest BCUT2D eigenvalue weighted by Crippen LogP contribution is 2.24. The Morgan fingerprint density at radius 2 is 2.15 bits per heavy atom. The van der Waals surface area contributed by atoms with Gasteiger partial charge in [-0.3, -0.25) is 4.79 Å². The number of hydrogen-bond acceptors (Lipinski definition) is 5. The molecule has 0 saturated heterocycles. The topological polar surface area (TPSA) is 81.9 Å². The molecule has 0 radical (unpaired) electrons. The number of ether oxygens (including phenoxy) is 1. The minimum atomic E-state index is -1.02. The minimum Gasteiger partial charge on any atom is -0.439 e. The lowest BCUT2D eigenvalue weighted by Gasteiger charge is -2.14. The second-order valence-corrected chi connectivity index (χ2v) is 5.41. The van der Waals surface area contributed by atoms with E-state index in [0.29, 0.717) is 5.56 Å². The molecule has 0 aliphatic heterocycles. The van der Waals surface area contributed by atoms with Gasteiger partial charge in [0, 0.05) is 24.4 Å². The van der Waals surface area contributed by atoms with Crippen LogP contribution in [0.3, 0.4) is 0 Å². The van der Waals surface area contributed by atoms with E-state index in [0.717, 1.165) is 12.1 Å². The number of aromatic nitrogens is 4. The van der Waals surface area contributed by atoms with Gasteiger partial charge < -0.3 is 10.1 Å². The van der Waals surface area contributed by atoms with E-state index in [1.165, 1.54) is 29.6 Å². The summed E-state index contributed by atoms with van der Waals surface area (Å²) in [4.78, 5) is 20.1. The van der Waals surface area contributed by atoms with Gasteiger partial charge in [-0.15, -0.1) is 0 Å². The minimum absolute atomic E-state index is 0.103. The lowest BCUT2D eigenvalue weighted by molar-refractivity contribution is -0.124. The molecule has 1 atom stereocenters. The number of nitrogens with zero attached hydrogens (tertiary/aromatic N) is 4. The summed E-state index contributed by atoms with van der Waals surface area (Å²) in [5, 5.41) is 6.67. The third-order valence-electron chi connectivity index (χ3n) is 3.62. The summed E-state index contributed by atoms with van der Waals surface area (Å²) >= 11 is 0. The molecule has 0 aliphatic carbocycles. The molecule has 2 heterocycles. The van der Waals surface area contributed by atoms with Crippen LogP contribution in [0, 0.1) is 11.6 Å². The molecular weight excluding hydrogens is 344 g/mol. The van der Waals surface area contributed by atoms with Crippen molar-refractivity contribution < 1.29 is 18.3 Å². The van der Waals surface area contributed by atoms with Gasteiger partial charge in [0.2, 0.25) is 11.8 Å². The van der Waals surface area contributed by atoms with Crippen molar-refractivity contribution in [2.24, 2.45) is 0 Å². The average Bonchev–Trinajstić information content (AvgIpc) is 3.18. The maximum Gasteiger partial charge on any atom is 0.244 e. The first kappa shape index (κ1) is 17.5. The molecule has 0 bridgehead atoms. The Balaban J connectivity index is 1.69. The van der Waals surface area contributed by atoms with Crippen molar-refractivity contribution in [3.8, 4) is 11.6 Å². The molecule has 0 spiro atoms. The van der Waals surface area contributed by atoms with Gasteiger partial charge in [0.15, 0.2) is 11.6 Å². The standard InChI is InChI=1S/C17H15F2N5O2/c1-11(24-10-20-9-23-24)16(25)22-8-12-3-2-6-21-17(12)26-13-4-5-14(18)15(19)7-13/h2-7,9-11H,8H2,1H3,(H,22,25). The maximum atomic E-state index is 13.3. The highest BCUT2D eigenvalue weighted by molar-refractivity contribution is 5.79. The van der Waals surface area contributed by atoms with Gasteiger partial charge in [-0.05, 0) is 25.1 Å². The first-order valence-corrected chi connectivity index (χ1v) is 7.73. The van der Waals surface area contributed by atoms with Crippen molar-refractivity contribution >= 4 is 5.91 Å². The van der Waals surface area contributed by atoms with Gasteiger partial charge >= 0.3 is 0 Å². The van der Waals surface area contributed by atoms with Crippen molar-refractivity contribution in [2.75, 3.05) is 0 Å². The number of benzene rings is 1.